The highest BCUT2D eigenvalue weighted by Gasteiger charge is 2.12. The van der Waals surface area contributed by atoms with Gasteiger partial charge in [-0.05, 0) is 60.6 Å². The van der Waals surface area contributed by atoms with Crippen molar-refractivity contribution in [1.29, 1.82) is 0 Å². The number of hydrogen-bond donors (Lipinski definition) is 3. The fourth-order valence-corrected chi connectivity index (χ4v) is 3.16. The summed E-state index contributed by atoms with van der Waals surface area (Å²) in [7, 11) is 0. The smallest absolute Gasteiger partial charge is 0.240 e. The first-order valence-electron chi connectivity index (χ1n) is 9.53. The molecule has 3 N–H and O–H groups in total. The fraction of sp³-hybridized carbons (Fsp3) is 0.238. The Bertz CT molecular complexity index is 1070. The van der Waals surface area contributed by atoms with Gasteiger partial charge in [0.15, 0.2) is 10.6 Å². The number of nitrogens with zero attached hydrogens (tertiary/aromatic N) is 2. The van der Waals surface area contributed by atoms with Crippen molar-refractivity contribution in [3.63, 3.8) is 0 Å². The highest BCUT2D eigenvalue weighted by atomic mass is 35.5. The summed E-state index contributed by atoms with van der Waals surface area (Å²) < 4.78 is 2.00. The second kappa shape index (κ2) is 10.2. The number of benzene rings is 2. The Balaban J connectivity index is 1.59. The van der Waals surface area contributed by atoms with Crippen LogP contribution >= 0.6 is 23.8 Å². The monoisotopic (exact) mass is 443 g/mol. The SMILES string of the molecule is CCCC(=O)Nc1ccc(CNC(=O)Cn2c(-c3ccc(Cl)cc3)n[nH]c2=S)cc1. The maximum absolute atomic E-state index is 12.5. The van der Waals surface area contributed by atoms with E-state index >= 15 is 0 Å². The van der Waals surface area contributed by atoms with Crippen molar-refractivity contribution >= 4 is 41.3 Å². The average Bonchev–Trinajstić information content (AvgIpc) is 3.08. The third-order valence-corrected chi connectivity index (χ3v) is 4.93. The lowest BCUT2D eigenvalue weighted by molar-refractivity contribution is -0.121. The molecule has 30 heavy (non-hydrogen) atoms. The molecule has 0 aliphatic rings. The van der Waals surface area contributed by atoms with E-state index < -0.39 is 0 Å². The van der Waals surface area contributed by atoms with Crippen LogP contribution in [-0.2, 0) is 22.7 Å². The lowest BCUT2D eigenvalue weighted by atomic mass is 10.2. The number of amides is 2. The number of carbonyl (C=O) groups excluding carboxylic acids is 2. The number of hydrogen-bond acceptors (Lipinski definition) is 4. The van der Waals surface area contributed by atoms with Crippen molar-refractivity contribution in [2.45, 2.75) is 32.9 Å². The molecule has 7 nitrogen and oxygen atoms in total. The third-order valence-electron chi connectivity index (χ3n) is 4.37. The first-order chi connectivity index (χ1) is 14.5. The summed E-state index contributed by atoms with van der Waals surface area (Å²) in [5, 5.41) is 13.3. The summed E-state index contributed by atoms with van der Waals surface area (Å²) in [4.78, 5) is 24.1. The Labute approximate surface area is 184 Å². The standard InChI is InChI=1S/C21H22ClN5O2S/c1-2-3-18(28)24-17-10-4-14(5-11-17)12-23-19(29)13-27-20(25-26-21(27)30)15-6-8-16(22)9-7-15/h4-11H,2-3,12-13H2,1H3,(H,23,29)(H,24,28)(H,26,30). The summed E-state index contributed by atoms with van der Waals surface area (Å²) in [5.41, 5.74) is 2.46. The molecule has 0 bridgehead atoms. The van der Waals surface area contributed by atoms with E-state index in [-0.39, 0.29) is 18.4 Å². The summed E-state index contributed by atoms with van der Waals surface area (Å²) in [6.07, 6.45) is 1.29. The normalized spacial score (nSPS) is 10.6. The van der Waals surface area contributed by atoms with E-state index in [1.165, 1.54) is 0 Å². The number of carbonyl (C=O) groups is 2. The van der Waals surface area contributed by atoms with E-state index in [9.17, 15) is 9.59 Å². The molecule has 156 valence electrons. The molecule has 3 rings (SSSR count). The molecule has 0 saturated heterocycles. The van der Waals surface area contributed by atoms with E-state index in [0.717, 1.165) is 23.2 Å². The number of aromatic nitrogens is 3. The lowest BCUT2D eigenvalue weighted by Gasteiger charge is -2.09. The first-order valence-corrected chi connectivity index (χ1v) is 10.3. The zero-order valence-corrected chi connectivity index (χ0v) is 18.0. The molecule has 1 heterocycles. The Kier molecular flexibility index (Phi) is 7.37. The van der Waals surface area contributed by atoms with Gasteiger partial charge in [-0.1, -0.05) is 30.7 Å². The van der Waals surface area contributed by atoms with Gasteiger partial charge in [0.2, 0.25) is 11.8 Å². The summed E-state index contributed by atoms with van der Waals surface area (Å²) in [6.45, 7) is 2.36. The largest absolute Gasteiger partial charge is 0.350 e. The molecule has 0 aliphatic heterocycles. The van der Waals surface area contributed by atoms with Gasteiger partial charge >= 0.3 is 0 Å². The van der Waals surface area contributed by atoms with Crippen molar-refractivity contribution in [2.24, 2.45) is 0 Å². The van der Waals surface area contributed by atoms with Crippen LogP contribution in [0.5, 0.6) is 0 Å². The van der Waals surface area contributed by atoms with Crippen molar-refractivity contribution < 1.29 is 9.59 Å². The molecule has 2 amide bonds. The molecule has 0 spiro atoms. The van der Waals surface area contributed by atoms with Crippen LogP contribution in [0.2, 0.25) is 5.02 Å². The van der Waals surface area contributed by atoms with E-state index in [1.807, 2.05) is 43.3 Å². The number of anilines is 1. The van der Waals surface area contributed by atoms with Crippen LogP contribution in [0, 0.1) is 4.77 Å². The molecule has 0 radical (unpaired) electrons. The third kappa shape index (κ3) is 5.77. The molecule has 2 aromatic carbocycles. The second-order valence-electron chi connectivity index (χ2n) is 6.72. The minimum absolute atomic E-state index is 0.00750. The molecule has 0 fully saturated rings. The van der Waals surface area contributed by atoms with Crippen LogP contribution in [-0.4, -0.2) is 26.6 Å². The highest BCUT2D eigenvalue weighted by molar-refractivity contribution is 7.71. The second-order valence-corrected chi connectivity index (χ2v) is 7.54. The maximum Gasteiger partial charge on any atom is 0.240 e. The number of nitrogens with one attached hydrogen (secondary N) is 3. The van der Waals surface area contributed by atoms with Crippen LogP contribution in [0.15, 0.2) is 48.5 Å². The van der Waals surface area contributed by atoms with Gasteiger partial charge in [-0.3, -0.25) is 19.3 Å². The Morgan fingerprint density at radius 1 is 1.10 bits per heavy atom. The molecule has 3 aromatic rings. The first kappa shape index (κ1) is 21.7. The molecule has 0 atom stereocenters. The zero-order chi connectivity index (χ0) is 21.5. The summed E-state index contributed by atoms with van der Waals surface area (Å²) in [6, 6.07) is 14.5. The van der Waals surface area contributed by atoms with Crippen molar-refractivity contribution in [1.82, 2.24) is 20.1 Å². The molecule has 9 heteroatoms. The van der Waals surface area contributed by atoms with Crippen LogP contribution in [0.1, 0.15) is 25.3 Å². The Hall–Kier alpha value is -2.97. The number of halogens is 1. The van der Waals surface area contributed by atoms with Crippen LogP contribution < -0.4 is 10.6 Å². The van der Waals surface area contributed by atoms with E-state index in [2.05, 4.69) is 20.8 Å². The van der Waals surface area contributed by atoms with E-state index in [1.54, 1.807) is 16.7 Å². The molecule has 0 aliphatic carbocycles. The topological polar surface area (TPSA) is 91.8 Å². The van der Waals surface area contributed by atoms with Gasteiger partial charge in [-0.2, -0.15) is 5.10 Å². The van der Waals surface area contributed by atoms with Gasteiger partial charge in [0.05, 0.1) is 0 Å². The average molecular weight is 444 g/mol. The zero-order valence-electron chi connectivity index (χ0n) is 16.4. The minimum Gasteiger partial charge on any atom is -0.350 e. The van der Waals surface area contributed by atoms with Gasteiger partial charge in [0.1, 0.15) is 6.54 Å². The fourth-order valence-electron chi connectivity index (χ4n) is 2.84. The van der Waals surface area contributed by atoms with Gasteiger partial charge in [-0.15, -0.1) is 0 Å². The van der Waals surface area contributed by atoms with Gasteiger partial charge in [-0.25, -0.2) is 0 Å². The lowest BCUT2D eigenvalue weighted by Crippen LogP contribution is -2.27. The van der Waals surface area contributed by atoms with Crippen molar-refractivity contribution in [2.75, 3.05) is 5.32 Å². The van der Waals surface area contributed by atoms with E-state index in [0.29, 0.717) is 28.6 Å². The van der Waals surface area contributed by atoms with Gasteiger partial charge in [0, 0.05) is 29.2 Å². The summed E-state index contributed by atoms with van der Waals surface area (Å²) in [5.74, 6) is 0.369. The van der Waals surface area contributed by atoms with Gasteiger partial charge in [0.25, 0.3) is 0 Å². The molecule has 0 unspecified atom stereocenters. The maximum atomic E-state index is 12.5. The number of rotatable bonds is 8. The minimum atomic E-state index is -0.192. The quantitative estimate of drug-likeness (QED) is 0.452. The Morgan fingerprint density at radius 2 is 1.80 bits per heavy atom. The highest BCUT2D eigenvalue weighted by Crippen LogP contribution is 2.20. The Morgan fingerprint density at radius 3 is 2.47 bits per heavy atom. The van der Waals surface area contributed by atoms with Crippen LogP contribution in [0.25, 0.3) is 11.4 Å². The number of H-pyrrole nitrogens is 1. The van der Waals surface area contributed by atoms with Crippen LogP contribution in [0.4, 0.5) is 5.69 Å². The van der Waals surface area contributed by atoms with E-state index in [4.69, 9.17) is 23.8 Å². The number of aromatic amines is 1. The molecule has 1 aromatic heterocycles. The predicted molar refractivity (Wildman–Crippen MR) is 120 cm³/mol. The van der Waals surface area contributed by atoms with Crippen LogP contribution in [0.3, 0.4) is 0 Å². The molecule has 0 saturated carbocycles. The predicted octanol–water partition coefficient (Wildman–Crippen LogP) is 4.32. The molecular formula is C21H22ClN5O2S. The summed E-state index contributed by atoms with van der Waals surface area (Å²) >= 11 is 11.2. The molecular weight excluding hydrogens is 422 g/mol. The van der Waals surface area contributed by atoms with Crippen molar-refractivity contribution in [3.8, 4) is 11.4 Å². The van der Waals surface area contributed by atoms with Crippen molar-refractivity contribution in [3.05, 3.63) is 63.9 Å². The van der Waals surface area contributed by atoms with Gasteiger partial charge < -0.3 is 10.6 Å².